The number of aromatic nitrogens is 3. The molecule has 4 rings (SSSR count). The molecule has 2 N–H and O–H groups in total. The van der Waals surface area contributed by atoms with Gasteiger partial charge in [-0.1, -0.05) is 23.4 Å². The molecule has 0 aliphatic heterocycles. The quantitative estimate of drug-likeness (QED) is 0.189. The molecule has 8 nitrogen and oxygen atoms in total. The number of rotatable bonds is 9. The molecule has 10 heteroatoms. The topological polar surface area (TPSA) is 102 Å². The van der Waals surface area contributed by atoms with Gasteiger partial charge in [0, 0.05) is 16.3 Å². The van der Waals surface area contributed by atoms with Crippen molar-refractivity contribution in [3.8, 4) is 28.6 Å². The zero-order chi connectivity index (χ0) is 24.6. The summed E-state index contributed by atoms with van der Waals surface area (Å²) in [6, 6.07) is 21.4. The lowest BCUT2D eigenvalue weighted by Crippen LogP contribution is -2.20. The van der Waals surface area contributed by atoms with E-state index in [1.807, 2.05) is 47.9 Å². The number of thioether (sulfide) groups is 1. The number of hydrazone groups is 1. The normalized spacial score (nSPS) is 11.0. The molecule has 1 aromatic heterocycles. The van der Waals surface area contributed by atoms with Gasteiger partial charge in [0.05, 0.1) is 18.6 Å². The SMILES string of the molecule is CCOc1ccc(-n2c(SCC(=O)NN=Cc3ccc(O)cc3)nnc2-c2ccc(Cl)cc2)cc1. The van der Waals surface area contributed by atoms with E-state index in [0.29, 0.717) is 22.6 Å². The van der Waals surface area contributed by atoms with E-state index in [1.54, 1.807) is 36.4 Å². The van der Waals surface area contributed by atoms with Gasteiger partial charge < -0.3 is 9.84 Å². The van der Waals surface area contributed by atoms with Gasteiger partial charge in [0.1, 0.15) is 11.5 Å². The van der Waals surface area contributed by atoms with E-state index < -0.39 is 0 Å². The fourth-order valence-corrected chi connectivity index (χ4v) is 4.01. The third-order valence-corrected chi connectivity index (χ3v) is 5.95. The maximum Gasteiger partial charge on any atom is 0.250 e. The summed E-state index contributed by atoms with van der Waals surface area (Å²) in [5.41, 5.74) is 4.92. The van der Waals surface area contributed by atoms with Gasteiger partial charge in [0.25, 0.3) is 5.91 Å². The van der Waals surface area contributed by atoms with Crippen molar-refractivity contribution >= 4 is 35.5 Å². The van der Waals surface area contributed by atoms with E-state index in [2.05, 4.69) is 20.7 Å². The van der Waals surface area contributed by atoms with Crippen LogP contribution in [-0.2, 0) is 4.79 Å². The molecule has 0 saturated carbocycles. The Kier molecular flexibility index (Phi) is 8.02. The summed E-state index contributed by atoms with van der Waals surface area (Å²) in [5, 5.41) is 23.2. The number of ether oxygens (including phenoxy) is 1. The third kappa shape index (κ3) is 6.40. The van der Waals surface area contributed by atoms with Gasteiger partial charge in [0.15, 0.2) is 11.0 Å². The Labute approximate surface area is 211 Å². The lowest BCUT2D eigenvalue weighted by Gasteiger charge is -2.11. The lowest BCUT2D eigenvalue weighted by atomic mass is 10.2. The molecule has 0 aliphatic rings. The van der Waals surface area contributed by atoms with Crippen LogP contribution in [0.1, 0.15) is 12.5 Å². The maximum absolute atomic E-state index is 12.4. The van der Waals surface area contributed by atoms with Gasteiger partial charge in [0.2, 0.25) is 0 Å². The first-order valence-electron chi connectivity index (χ1n) is 10.7. The summed E-state index contributed by atoms with van der Waals surface area (Å²) in [4.78, 5) is 12.4. The van der Waals surface area contributed by atoms with Gasteiger partial charge in [-0.05, 0) is 85.3 Å². The van der Waals surface area contributed by atoms with Gasteiger partial charge in [-0.25, -0.2) is 5.43 Å². The first kappa shape index (κ1) is 24.3. The lowest BCUT2D eigenvalue weighted by molar-refractivity contribution is -0.118. The number of phenols is 1. The largest absolute Gasteiger partial charge is 0.508 e. The first-order valence-corrected chi connectivity index (χ1v) is 12.1. The highest BCUT2D eigenvalue weighted by molar-refractivity contribution is 7.99. The molecule has 0 unspecified atom stereocenters. The van der Waals surface area contributed by atoms with Crippen LogP contribution in [0.25, 0.3) is 17.1 Å². The predicted molar refractivity (Wildman–Crippen MR) is 138 cm³/mol. The van der Waals surface area contributed by atoms with Crippen LogP contribution in [0.5, 0.6) is 11.5 Å². The van der Waals surface area contributed by atoms with E-state index in [1.165, 1.54) is 18.0 Å². The summed E-state index contributed by atoms with van der Waals surface area (Å²) in [5.74, 6) is 1.34. The Balaban J connectivity index is 1.52. The first-order chi connectivity index (χ1) is 17.0. The monoisotopic (exact) mass is 507 g/mol. The molecule has 0 bridgehead atoms. The van der Waals surface area contributed by atoms with Gasteiger partial charge in [-0.3, -0.25) is 9.36 Å². The smallest absolute Gasteiger partial charge is 0.250 e. The Hall–Kier alpha value is -3.82. The number of nitrogens with one attached hydrogen (secondary N) is 1. The Morgan fingerprint density at radius 3 is 2.49 bits per heavy atom. The molecular weight excluding hydrogens is 486 g/mol. The summed E-state index contributed by atoms with van der Waals surface area (Å²) in [6.07, 6.45) is 1.50. The van der Waals surface area contributed by atoms with Crippen molar-refractivity contribution < 1.29 is 14.6 Å². The van der Waals surface area contributed by atoms with Crippen LogP contribution in [0, 0.1) is 0 Å². The highest BCUT2D eigenvalue weighted by atomic mass is 35.5. The molecule has 1 heterocycles. The number of benzene rings is 3. The fourth-order valence-electron chi connectivity index (χ4n) is 3.14. The summed E-state index contributed by atoms with van der Waals surface area (Å²) >= 11 is 7.30. The van der Waals surface area contributed by atoms with Crippen molar-refractivity contribution in [3.05, 3.63) is 83.4 Å². The van der Waals surface area contributed by atoms with Crippen LogP contribution in [0.15, 0.2) is 83.1 Å². The number of carbonyl (C=O) groups excluding carboxylic acids is 1. The average molecular weight is 508 g/mol. The second kappa shape index (κ2) is 11.5. The minimum absolute atomic E-state index is 0.0860. The van der Waals surface area contributed by atoms with E-state index in [-0.39, 0.29) is 17.4 Å². The number of halogens is 1. The summed E-state index contributed by atoms with van der Waals surface area (Å²) in [6.45, 7) is 2.51. The van der Waals surface area contributed by atoms with E-state index in [0.717, 1.165) is 22.6 Å². The Morgan fingerprint density at radius 2 is 1.80 bits per heavy atom. The van der Waals surface area contributed by atoms with Crippen molar-refractivity contribution in [3.63, 3.8) is 0 Å². The molecule has 0 aliphatic carbocycles. The number of aromatic hydroxyl groups is 1. The molecule has 4 aromatic rings. The average Bonchev–Trinajstić information content (AvgIpc) is 3.29. The molecule has 3 aromatic carbocycles. The number of hydrogen-bond donors (Lipinski definition) is 2. The summed E-state index contributed by atoms with van der Waals surface area (Å²) in [7, 11) is 0. The van der Waals surface area contributed by atoms with E-state index >= 15 is 0 Å². The second-order valence-corrected chi connectivity index (χ2v) is 8.63. The standard InChI is InChI=1S/C25H22ClN5O3S/c1-2-34-22-13-9-20(10-14-22)31-24(18-5-7-19(26)8-6-18)29-30-25(31)35-16-23(33)28-27-15-17-3-11-21(32)12-4-17/h3-15,32H,2,16H2,1H3,(H,28,33). The zero-order valence-corrected chi connectivity index (χ0v) is 20.3. The van der Waals surface area contributed by atoms with Crippen LogP contribution in [0.2, 0.25) is 5.02 Å². The van der Waals surface area contributed by atoms with Gasteiger partial charge in [-0.2, -0.15) is 5.10 Å². The molecule has 0 atom stereocenters. The minimum Gasteiger partial charge on any atom is -0.508 e. The Morgan fingerprint density at radius 1 is 1.09 bits per heavy atom. The van der Waals surface area contributed by atoms with Crippen molar-refractivity contribution in [2.75, 3.05) is 12.4 Å². The third-order valence-electron chi connectivity index (χ3n) is 4.77. The fraction of sp³-hybridized carbons (Fsp3) is 0.120. The van der Waals surface area contributed by atoms with E-state index in [4.69, 9.17) is 16.3 Å². The zero-order valence-electron chi connectivity index (χ0n) is 18.8. The number of phenolic OH excluding ortho intramolecular Hbond substituents is 1. The summed E-state index contributed by atoms with van der Waals surface area (Å²) < 4.78 is 7.44. The molecule has 0 radical (unpaired) electrons. The molecule has 1 amide bonds. The van der Waals surface area contributed by atoms with Crippen LogP contribution in [-0.4, -0.2) is 44.4 Å². The molecule has 0 saturated heterocycles. The number of hydrogen-bond acceptors (Lipinski definition) is 7. The highest BCUT2D eigenvalue weighted by Gasteiger charge is 2.17. The number of nitrogens with zero attached hydrogens (tertiary/aromatic N) is 4. The maximum atomic E-state index is 12.4. The number of amides is 1. The van der Waals surface area contributed by atoms with Crippen molar-refractivity contribution in [1.82, 2.24) is 20.2 Å². The molecule has 178 valence electrons. The number of carbonyl (C=O) groups is 1. The van der Waals surface area contributed by atoms with Gasteiger partial charge >= 0.3 is 0 Å². The molecular formula is C25H22ClN5O3S. The minimum atomic E-state index is -0.292. The van der Waals surface area contributed by atoms with Crippen LogP contribution in [0.3, 0.4) is 0 Å². The molecule has 0 fully saturated rings. The van der Waals surface area contributed by atoms with Crippen LogP contribution < -0.4 is 10.2 Å². The van der Waals surface area contributed by atoms with Crippen molar-refractivity contribution in [1.29, 1.82) is 0 Å². The second-order valence-electron chi connectivity index (χ2n) is 7.25. The predicted octanol–water partition coefficient (Wildman–Crippen LogP) is 4.93. The van der Waals surface area contributed by atoms with Crippen LogP contribution in [0.4, 0.5) is 0 Å². The van der Waals surface area contributed by atoms with Crippen molar-refractivity contribution in [2.24, 2.45) is 5.10 Å². The van der Waals surface area contributed by atoms with Crippen LogP contribution >= 0.6 is 23.4 Å². The highest BCUT2D eigenvalue weighted by Crippen LogP contribution is 2.29. The molecule has 0 spiro atoms. The van der Waals surface area contributed by atoms with Crippen molar-refractivity contribution in [2.45, 2.75) is 12.1 Å². The molecule has 35 heavy (non-hydrogen) atoms. The Bertz CT molecular complexity index is 1310. The van der Waals surface area contributed by atoms with Gasteiger partial charge in [-0.15, -0.1) is 10.2 Å². The van der Waals surface area contributed by atoms with E-state index in [9.17, 15) is 9.90 Å².